The molecule has 3 aromatic rings. The van der Waals surface area contributed by atoms with E-state index in [0.29, 0.717) is 52.6 Å². The van der Waals surface area contributed by atoms with Crippen molar-refractivity contribution in [3.05, 3.63) is 68.4 Å². The Morgan fingerprint density at radius 3 is 2.83 bits per heavy atom. The first kappa shape index (κ1) is 30.3. The van der Waals surface area contributed by atoms with Gasteiger partial charge in [0.15, 0.2) is 0 Å². The Morgan fingerprint density at radius 2 is 2.12 bits per heavy atom. The molecule has 1 aliphatic heterocycles. The normalized spacial score (nSPS) is 18.0. The molecule has 2 atom stereocenters. The van der Waals surface area contributed by atoms with Crippen LogP contribution in [-0.2, 0) is 14.3 Å². The van der Waals surface area contributed by atoms with Gasteiger partial charge in [0.25, 0.3) is 0 Å². The zero-order chi connectivity index (χ0) is 28.8. The molecule has 2 heterocycles. The predicted octanol–water partition coefficient (Wildman–Crippen LogP) is 5.33. The van der Waals surface area contributed by atoms with Crippen LogP contribution in [-0.4, -0.2) is 79.3 Å². The van der Waals surface area contributed by atoms with Crippen molar-refractivity contribution in [2.24, 2.45) is 4.99 Å². The van der Waals surface area contributed by atoms with Crippen LogP contribution in [0.3, 0.4) is 0 Å². The summed E-state index contributed by atoms with van der Waals surface area (Å²) < 4.78 is 31.9. The highest BCUT2D eigenvalue weighted by Gasteiger charge is 2.31. The van der Waals surface area contributed by atoms with Crippen LogP contribution in [0.5, 0.6) is 5.75 Å². The number of thiazole rings is 1. The maximum Gasteiger partial charge on any atom is 0.336 e. The molecule has 1 aromatic heterocycles. The number of rotatable bonds is 10. The fourth-order valence-electron chi connectivity index (χ4n) is 4.63. The number of esters is 1. The number of nitrogens with zero attached hydrogens (tertiary/aromatic N) is 3. The van der Waals surface area contributed by atoms with Crippen molar-refractivity contribution >= 4 is 49.2 Å². The molecule has 0 radical (unpaired) electrons. The van der Waals surface area contributed by atoms with Crippen LogP contribution in [0.2, 0.25) is 0 Å². The maximum atomic E-state index is 14.1. The van der Waals surface area contributed by atoms with Gasteiger partial charge in [-0.3, -0.25) is 9.89 Å². The van der Waals surface area contributed by atoms with E-state index in [2.05, 4.69) is 20.8 Å². The van der Waals surface area contributed by atoms with E-state index in [9.17, 15) is 14.3 Å². The van der Waals surface area contributed by atoms with Crippen LogP contribution >= 0.6 is 27.3 Å². The Kier molecular flexibility index (Phi) is 10.4. The second-order valence-corrected chi connectivity index (χ2v) is 11.3. The molecular weight excluding hydrogens is 601 g/mol. The summed E-state index contributed by atoms with van der Waals surface area (Å²) in [5.41, 5.74) is 3.15. The number of aromatic nitrogens is 1. The molecule has 40 heavy (non-hydrogen) atoms. The molecule has 1 saturated heterocycles. The lowest BCUT2D eigenvalue weighted by Crippen LogP contribution is -2.48. The van der Waals surface area contributed by atoms with Gasteiger partial charge >= 0.3 is 5.97 Å². The predicted molar refractivity (Wildman–Crippen MR) is 158 cm³/mol. The minimum atomic E-state index is -0.802. The lowest BCUT2D eigenvalue weighted by molar-refractivity contribution is -0.138. The summed E-state index contributed by atoms with van der Waals surface area (Å²) >= 11 is 4.97. The molecule has 2 aromatic carbocycles. The minimum Gasteiger partial charge on any atom is -0.497 e. The van der Waals surface area contributed by atoms with Crippen LogP contribution in [0.4, 0.5) is 4.39 Å². The van der Waals surface area contributed by atoms with E-state index in [-0.39, 0.29) is 19.3 Å². The number of halogens is 2. The first-order valence-electron chi connectivity index (χ1n) is 13.0. The van der Waals surface area contributed by atoms with Crippen molar-refractivity contribution in [2.75, 3.05) is 46.6 Å². The van der Waals surface area contributed by atoms with E-state index < -0.39 is 17.8 Å². The van der Waals surface area contributed by atoms with Crippen LogP contribution in [0, 0.1) is 5.82 Å². The molecule has 1 aliphatic rings. The number of carbonyl (C=O) groups is 1. The molecular formula is C29H33BrFN3O5S. The highest BCUT2D eigenvalue weighted by atomic mass is 79.9. The van der Waals surface area contributed by atoms with Gasteiger partial charge in [-0.15, -0.1) is 11.3 Å². The Morgan fingerprint density at radius 1 is 1.32 bits per heavy atom. The van der Waals surface area contributed by atoms with Gasteiger partial charge in [-0.1, -0.05) is 22.0 Å². The van der Waals surface area contributed by atoms with E-state index in [0.717, 1.165) is 21.5 Å². The van der Waals surface area contributed by atoms with Crippen molar-refractivity contribution < 1.29 is 28.5 Å². The van der Waals surface area contributed by atoms with Gasteiger partial charge in [-0.05, 0) is 62.2 Å². The summed E-state index contributed by atoms with van der Waals surface area (Å²) in [5.74, 6) is -0.175. The number of hydrogen-bond donors (Lipinski definition) is 1. The number of aliphatic hydroxyl groups excluding tert-OH is 1. The maximum absolute atomic E-state index is 14.1. The van der Waals surface area contributed by atoms with Gasteiger partial charge in [0.05, 0.1) is 61.1 Å². The number of morpholine rings is 1. The molecule has 0 spiro atoms. The summed E-state index contributed by atoms with van der Waals surface area (Å²) in [7, 11) is 1.62. The van der Waals surface area contributed by atoms with E-state index in [4.69, 9.17) is 24.2 Å². The monoisotopic (exact) mass is 633 g/mol. The lowest BCUT2D eigenvalue weighted by Gasteiger charge is -2.35. The first-order valence-corrected chi connectivity index (χ1v) is 14.6. The molecule has 0 saturated carbocycles. The summed E-state index contributed by atoms with van der Waals surface area (Å²) in [5, 5.41) is 10.6. The number of aliphatic hydroxyl groups is 1. The number of hydrogen-bond acceptors (Lipinski definition) is 9. The number of aliphatic imine (C=N–C) groups is 1. The molecule has 4 rings (SSSR count). The third-order valence-electron chi connectivity index (χ3n) is 6.71. The Bertz CT molecular complexity index is 1430. The Hall–Kier alpha value is -2.70. The van der Waals surface area contributed by atoms with E-state index >= 15 is 0 Å². The van der Waals surface area contributed by atoms with Crippen LogP contribution < -0.4 is 4.74 Å². The summed E-state index contributed by atoms with van der Waals surface area (Å²) in [6.07, 6.45) is 0. The topological polar surface area (TPSA) is 93.5 Å². The van der Waals surface area contributed by atoms with Crippen LogP contribution in [0.15, 0.2) is 57.0 Å². The van der Waals surface area contributed by atoms with Crippen LogP contribution in [0.1, 0.15) is 37.4 Å². The van der Waals surface area contributed by atoms with E-state index in [1.165, 1.54) is 23.5 Å². The van der Waals surface area contributed by atoms with Gasteiger partial charge in [0.2, 0.25) is 0 Å². The molecule has 0 bridgehead atoms. The Labute approximate surface area is 245 Å². The standard InChI is InChI=1S/C29H33BrFN3O5S/c1-5-39-29(36)26(17(2)14-34-10-11-38-16-20(34)15-35)27(22-8-6-19(31)12-23(22)30)32-18(3)28-33-24-9-7-21(37-4)13-25(24)40-28/h6-9,12-13,20,27,35H,5,10-11,14-16H2,1-4H3/b26-17-,32-18+. The minimum absolute atomic E-state index is 0.0609. The molecule has 214 valence electrons. The molecule has 0 amide bonds. The van der Waals surface area contributed by atoms with Gasteiger partial charge in [0, 0.05) is 17.6 Å². The number of benzene rings is 2. The second-order valence-electron chi connectivity index (χ2n) is 9.43. The van der Waals surface area contributed by atoms with Crippen molar-refractivity contribution in [3.63, 3.8) is 0 Å². The molecule has 11 heteroatoms. The van der Waals surface area contributed by atoms with Gasteiger partial charge in [-0.2, -0.15) is 0 Å². The fraction of sp³-hybridized carbons (Fsp3) is 0.414. The van der Waals surface area contributed by atoms with Crippen molar-refractivity contribution in [1.82, 2.24) is 9.88 Å². The number of fused-ring (bicyclic) bond motifs is 1. The summed E-state index contributed by atoms with van der Waals surface area (Å²) in [6, 6.07) is 9.02. The fourth-order valence-corrected chi connectivity index (χ4v) is 6.15. The highest BCUT2D eigenvalue weighted by molar-refractivity contribution is 9.10. The smallest absolute Gasteiger partial charge is 0.336 e. The largest absolute Gasteiger partial charge is 0.497 e. The summed E-state index contributed by atoms with van der Waals surface area (Å²) in [4.78, 5) is 25.4. The van der Waals surface area contributed by atoms with Gasteiger partial charge in [0.1, 0.15) is 22.6 Å². The first-order chi connectivity index (χ1) is 19.2. The number of methoxy groups -OCH3 is 1. The van der Waals surface area contributed by atoms with Crippen molar-refractivity contribution in [1.29, 1.82) is 0 Å². The molecule has 2 unspecified atom stereocenters. The molecule has 8 nitrogen and oxygen atoms in total. The van der Waals surface area contributed by atoms with Crippen molar-refractivity contribution in [2.45, 2.75) is 32.9 Å². The quantitative estimate of drug-likeness (QED) is 0.183. The van der Waals surface area contributed by atoms with Crippen LogP contribution in [0.25, 0.3) is 10.2 Å². The second kappa shape index (κ2) is 13.8. The number of carbonyl (C=O) groups excluding carboxylic acids is 1. The highest BCUT2D eigenvalue weighted by Crippen LogP contribution is 2.36. The zero-order valence-electron chi connectivity index (χ0n) is 22.9. The lowest BCUT2D eigenvalue weighted by atomic mass is 9.94. The zero-order valence-corrected chi connectivity index (χ0v) is 25.3. The molecule has 1 fully saturated rings. The van der Waals surface area contributed by atoms with Gasteiger partial charge in [-0.25, -0.2) is 14.2 Å². The average Bonchev–Trinajstić information content (AvgIpc) is 3.37. The molecule has 1 N–H and O–H groups in total. The SMILES string of the molecule is CCOC(=O)/C(=C(/C)CN1CCOCC1CO)C(/N=C(\C)c1nc2ccc(OC)cc2s1)c1ccc(F)cc1Br. The Balaban J connectivity index is 1.84. The third kappa shape index (κ3) is 6.95. The number of ether oxygens (including phenoxy) is 3. The average molecular weight is 635 g/mol. The van der Waals surface area contributed by atoms with E-state index in [1.54, 1.807) is 20.1 Å². The molecule has 0 aliphatic carbocycles. The van der Waals surface area contributed by atoms with Gasteiger partial charge < -0.3 is 19.3 Å². The van der Waals surface area contributed by atoms with Crippen molar-refractivity contribution in [3.8, 4) is 5.75 Å². The van der Waals surface area contributed by atoms with E-state index in [1.807, 2.05) is 32.0 Å². The summed E-state index contributed by atoms with van der Waals surface area (Å²) in [6.45, 7) is 7.56. The third-order valence-corrected chi connectivity index (χ3v) is 8.53.